The molecule has 1 atom stereocenters. The van der Waals surface area contributed by atoms with Crippen molar-refractivity contribution in [2.45, 2.75) is 38.6 Å². The molecule has 0 spiro atoms. The fourth-order valence-electron chi connectivity index (χ4n) is 3.02. The highest BCUT2D eigenvalue weighted by molar-refractivity contribution is 5.27. The highest BCUT2D eigenvalue weighted by atomic mass is 16.5. The number of ether oxygens (including phenoxy) is 1. The summed E-state index contributed by atoms with van der Waals surface area (Å²) in [5.74, 6) is 1.97. The van der Waals surface area contributed by atoms with Gasteiger partial charge >= 0.3 is 0 Å². The van der Waals surface area contributed by atoms with E-state index < -0.39 is 0 Å². The molecule has 1 aliphatic heterocycles. The zero-order valence-electron chi connectivity index (χ0n) is 14.0. The maximum Gasteiger partial charge on any atom is 0.138 e. The molecule has 6 nitrogen and oxygen atoms in total. The first-order valence-corrected chi connectivity index (χ1v) is 8.57. The maximum absolute atomic E-state index is 5.80. The van der Waals surface area contributed by atoms with E-state index in [1.54, 1.807) is 18.7 Å². The van der Waals surface area contributed by atoms with Crippen molar-refractivity contribution in [2.75, 3.05) is 0 Å². The fraction of sp³-hybridized carbons (Fsp3) is 0.316. The van der Waals surface area contributed by atoms with Gasteiger partial charge in [0.1, 0.15) is 24.5 Å². The number of pyridine rings is 1. The van der Waals surface area contributed by atoms with Crippen molar-refractivity contribution in [3.8, 4) is 5.75 Å². The Balaban J connectivity index is 1.26. The summed E-state index contributed by atoms with van der Waals surface area (Å²) >= 11 is 0. The van der Waals surface area contributed by atoms with Crippen molar-refractivity contribution in [3.63, 3.8) is 0 Å². The second-order valence-electron chi connectivity index (χ2n) is 6.26. The van der Waals surface area contributed by atoms with Gasteiger partial charge in [0, 0.05) is 31.4 Å². The lowest BCUT2D eigenvalue weighted by atomic mass is 10.1. The van der Waals surface area contributed by atoms with Gasteiger partial charge in [-0.2, -0.15) is 5.10 Å². The van der Waals surface area contributed by atoms with Crippen LogP contribution in [0.1, 0.15) is 23.4 Å². The predicted octanol–water partition coefficient (Wildman–Crippen LogP) is 2.36. The van der Waals surface area contributed by atoms with Crippen LogP contribution in [0.4, 0.5) is 0 Å². The average molecular weight is 335 g/mol. The molecule has 0 radical (unpaired) electrons. The summed E-state index contributed by atoms with van der Waals surface area (Å²) in [7, 11) is 0. The molecule has 0 saturated carbocycles. The minimum Gasteiger partial charge on any atom is -0.489 e. The molecular weight excluding hydrogens is 314 g/mol. The molecule has 1 N–H and O–H groups in total. The molecule has 128 valence electrons. The van der Waals surface area contributed by atoms with Crippen LogP contribution in [0.15, 0.2) is 55.1 Å². The zero-order chi connectivity index (χ0) is 16.9. The Hall–Kier alpha value is -2.73. The number of nitrogens with zero attached hydrogens (tertiary/aromatic N) is 4. The van der Waals surface area contributed by atoms with Crippen LogP contribution in [0.3, 0.4) is 0 Å². The molecule has 2 aromatic heterocycles. The number of nitrogens with one attached hydrogen (secondary N) is 1. The molecule has 0 saturated heterocycles. The normalized spacial score (nSPS) is 16.4. The summed E-state index contributed by atoms with van der Waals surface area (Å²) < 4.78 is 7.80. The summed E-state index contributed by atoms with van der Waals surface area (Å²) in [6.07, 6.45) is 7.29. The molecule has 0 fully saturated rings. The molecule has 6 heteroatoms. The number of benzene rings is 1. The first-order valence-electron chi connectivity index (χ1n) is 8.57. The number of aryl methyl sites for hydroxylation is 1. The fourth-order valence-corrected chi connectivity index (χ4v) is 3.02. The zero-order valence-corrected chi connectivity index (χ0v) is 14.0. The SMILES string of the molecule is c1cc(COc2ccc(CN[C@@H]3CCc4ncnn4C3)cc2)ccn1. The van der Waals surface area contributed by atoms with Crippen LogP contribution in [0.5, 0.6) is 5.75 Å². The summed E-state index contributed by atoms with van der Waals surface area (Å²) in [5, 5.41) is 7.87. The topological polar surface area (TPSA) is 64.9 Å². The van der Waals surface area contributed by atoms with E-state index in [4.69, 9.17) is 4.74 Å². The van der Waals surface area contributed by atoms with Gasteiger partial charge in [0.05, 0.1) is 6.54 Å². The first-order chi connectivity index (χ1) is 12.4. The van der Waals surface area contributed by atoms with E-state index in [0.717, 1.165) is 43.1 Å². The van der Waals surface area contributed by atoms with Crippen LogP contribution in [0.2, 0.25) is 0 Å². The lowest BCUT2D eigenvalue weighted by Crippen LogP contribution is -2.37. The monoisotopic (exact) mass is 335 g/mol. The number of aromatic nitrogens is 4. The van der Waals surface area contributed by atoms with Gasteiger partial charge in [-0.3, -0.25) is 4.98 Å². The number of rotatable bonds is 6. The van der Waals surface area contributed by atoms with Gasteiger partial charge in [0.2, 0.25) is 0 Å². The highest BCUT2D eigenvalue weighted by Gasteiger charge is 2.18. The van der Waals surface area contributed by atoms with Crippen LogP contribution < -0.4 is 10.1 Å². The number of hydrogen-bond acceptors (Lipinski definition) is 5. The van der Waals surface area contributed by atoms with E-state index in [1.165, 1.54) is 5.56 Å². The Morgan fingerprint density at radius 2 is 1.92 bits per heavy atom. The molecule has 0 bridgehead atoms. The van der Waals surface area contributed by atoms with Crippen molar-refractivity contribution in [3.05, 3.63) is 72.1 Å². The van der Waals surface area contributed by atoms with Gasteiger partial charge in [-0.15, -0.1) is 0 Å². The van der Waals surface area contributed by atoms with Crippen molar-refractivity contribution in [1.82, 2.24) is 25.1 Å². The molecule has 3 heterocycles. The Morgan fingerprint density at radius 3 is 2.76 bits per heavy atom. The highest BCUT2D eigenvalue weighted by Crippen LogP contribution is 2.15. The third-order valence-corrected chi connectivity index (χ3v) is 4.48. The third-order valence-electron chi connectivity index (χ3n) is 4.48. The second-order valence-corrected chi connectivity index (χ2v) is 6.26. The van der Waals surface area contributed by atoms with Crippen molar-refractivity contribution in [2.24, 2.45) is 0 Å². The minimum absolute atomic E-state index is 0.441. The number of fused-ring (bicyclic) bond motifs is 1. The van der Waals surface area contributed by atoms with Crippen molar-refractivity contribution < 1.29 is 4.74 Å². The molecule has 4 rings (SSSR count). The quantitative estimate of drug-likeness (QED) is 0.749. The molecule has 0 unspecified atom stereocenters. The van der Waals surface area contributed by atoms with E-state index in [9.17, 15) is 0 Å². The molecule has 0 amide bonds. The summed E-state index contributed by atoms with van der Waals surface area (Å²) in [6, 6.07) is 12.6. The van der Waals surface area contributed by atoms with Gasteiger partial charge in [0.25, 0.3) is 0 Å². The summed E-state index contributed by atoms with van der Waals surface area (Å²) in [4.78, 5) is 8.27. The number of hydrogen-bond donors (Lipinski definition) is 1. The Kier molecular flexibility index (Phi) is 4.70. The maximum atomic E-state index is 5.80. The molecule has 1 aromatic carbocycles. The lowest BCUT2D eigenvalue weighted by molar-refractivity contribution is 0.306. The van der Waals surface area contributed by atoms with Crippen LogP contribution in [-0.2, 0) is 26.1 Å². The van der Waals surface area contributed by atoms with E-state index in [0.29, 0.717) is 12.6 Å². The molecule has 1 aliphatic rings. The van der Waals surface area contributed by atoms with Crippen LogP contribution in [0, 0.1) is 0 Å². The van der Waals surface area contributed by atoms with Gasteiger partial charge in [0.15, 0.2) is 0 Å². The minimum atomic E-state index is 0.441. The first kappa shape index (κ1) is 15.8. The van der Waals surface area contributed by atoms with E-state index in [2.05, 4.69) is 32.5 Å². The Morgan fingerprint density at radius 1 is 1.08 bits per heavy atom. The smallest absolute Gasteiger partial charge is 0.138 e. The molecule has 3 aromatic rings. The van der Waals surface area contributed by atoms with Crippen LogP contribution >= 0.6 is 0 Å². The largest absolute Gasteiger partial charge is 0.489 e. The van der Waals surface area contributed by atoms with Gasteiger partial charge in [-0.05, 0) is 41.8 Å². The van der Waals surface area contributed by atoms with E-state index in [1.807, 2.05) is 28.9 Å². The summed E-state index contributed by atoms with van der Waals surface area (Å²) in [6.45, 7) is 2.30. The van der Waals surface area contributed by atoms with Crippen molar-refractivity contribution >= 4 is 0 Å². The van der Waals surface area contributed by atoms with Gasteiger partial charge in [-0.25, -0.2) is 9.67 Å². The average Bonchev–Trinajstić information content (AvgIpc) is 3.14. The lowest BCUT2D eigenvalue weighted by Gasteiger charge is -2.23. The molecule has 0 aliphatic carbocycles. The summed E-state index contributed by atoms with van der Waals surface area (Å²) in [5.41, 5.74) is 2.37. The Bertz CT molecular complexity index is 800. The third kappa shape index (κ3) is 4.03. The standard InChI is InChI=1S/C19H21N5O/c1-4-18(25-13-16-7-9-20-10-8-16)5-2-15(1)11-21-17-3-6-19-22-14-23-24(19)12-17/h1-2,4-5,7-10,14,17,21H,3,6,11-13H2/t17-/m1/s1. The van der Waals surface area contributed by atoms with Gasteiger partial charge < -0.3 is 10.1 Å². The van der Waals surface area contributed by atoms with Crippen molar-refractivity contribution in [1.29, 1.82) is 0 Å². The predicted molar refractivity (Wildman–Crippen MR) is 94.0 cm³/mol. The van der Waals surface area contributed by atoms with Crippen LogP contribution in [0.25, 0.3) is 0 Å². The molecule has 25 heavy (non-hydrogen) atoms. The van der Waals surface area contributed by atoms with Gasteiger partial charge in [-0.1, -0.05) is 12.1 Å². The Labute approximate surface area is 146 Å². The molecular formula is C19H21N5O. The van der Waals surface area contributed by atoms with E-state index in [-0.39, 0.29) is 0 Å². The van der Waals surface area contributed by atoms with E-state index >= 15 is 0 Å². The van der Waals surface area contributed by atoms with Crippen LogP contribution in [-0.4, -0.2) is 25.8 Å². The second kappa shape index (κ2) is 7.44.